The summed E-state index contributed by atoms with van der Waals surface area (Å²) < 4.78 is 1.83. The third-order valence-electron chi connectivity index (χ3n) is 3.46. The fourth-order valence-electron chi connectivity index (χ4n) is 2.45. The van der Waals surface area contributed by atoms with Gasteiger partial charge in [-0.25, -0.2) is 4.68 Å². The first kappa shape index (κ1) is 11.4. The molecule has 1 unspecified atom stereocenters. The zero-order valence-corrected chi connectivity index (χ0v) is 10.2. The fourth-order valence-corrected chi connectivity index (χ4v) is 2.45. The van der Waals surface area contributed by atoms with Crippen LogP contribution in [0.3, 0.4) is 0 Å². The topological polar surface area (TPSA) is 50.1 Å². The number of benzene rings is 1. The van der Waals surface area contributed by atoms with Gasteiger partial charge in [-0.3, -0.25) is 0 Å². The molecule has 2 heterocycles. The van der Waals surface area contributed by atoms with E-state index in [9.17, 15) is 5.11 Å². The first-order chi connectivity index (χ1) is 8.75. The summed E-state index contributed by atoms with van der Waals surface area (Å²) in [4.78, 5) is 0. The van der Waals surface area contributed by atoms with Crippen molar-refractivity contribution in [2.75, 3.05) is 13.1 Å². The van der Waals surface area contributed by atoms with Crippen LogP contribution < -0.4 is 5.32 Å². The van der Waals surface area contributed by atoms with Crippen LogP contribution in [0.4, 0.5) is 0 Å². The van der Waals surface area contributed by atoms with E-state index in [4.69, 9.17) is 0 Å². The van der Waals surface area contributed by atoms with E-state index < -0.39 is 5.60 Å². The average molecular weight is 243 g/mol. The normalized spacial score (nSPS) is 23.4. The van der Waals surface area contributed by atoms with Crippen LogP contribution in [0.5, 0.6) is 0 Å². The van der Waals surface area contributed by atoms with Crippen LogP contribution in [0.15, 0.2) is 42.7 Å². The largest absolute Gasteiger partial charge is 0.388 e. The van der Waals surface area contributed by atoms with Gasteiger partial charge >= 0.3 is 0 Å². The van der Waals surface area contributed by atoms with Gasteiger partial charge in [0.1, 0.15) is 0 Å². The zero-order valence-electron chi connectivity index (χ0n) is 10.2. The molecule has 2 N–H and O–H groups in total. The van der Waals surface area contributed by atoms with Gasteiger partial charge in [-0.1, -0.05) is 12.1 Å². The molecule has 1 aliphatic rings. The van der Waals surface area contributed by atoms with Gasteiger partial charge in [0.15, 0.2) is 0 Å². The fraction of sp³-hybridized carbons (Fsp3) is 0.357. The van der Waals surface area contributed by atoms with Crippen molar-refractivity contribution < 1.29 is 5.11 Å². The molecule has 3 rings (SSSR count). The second-order valence-electron chi connectivity index (χ2n) is 4.94. The first-order valence-electron chi connectivity index (χ1n) is 6.27. The number of rotatable bonds is 3. The van der Waals surface area contributed by atoms with E-state index in [2.05, 4.69) is 22.5 Å². The molecule has 0 aliphatic carbocycles. The summed E-state index contributed by atoms with van der Waals surface area (Å²) in [6, 6.07) is 10.1. The van der Waals surface area contributed by atoms with Crippen molar-refractivity contribution in [1.82, 2.24) is 15.1 Å². The number of aliphatic hydroxyl groups is 1. The molecule has 18 heavy (non-hydrogen) atoms. The molecule has 0 amide bonds. The van der Waals surface area contributed by atoms with E-state index in [-0.39, 0.29) is 0 Å². The SMILES string of the molecule is OC1(Cc2ccc(-n3cccn3)cc2)CCNC1. The molecule has 1 aromatic heterocycles. The molecule has 4 heteroatoms. The number of nitrogens with one attached hydrogen (secondary N) is 1. The predicted molar refractivity (Wildman–Crippen MR) is 69.7 cm³/mol. The lowest BCUT2D eigenvalue weighted by molar-refractivity contribution is 0.0619. The quantitative estimate of drug-likeness (QED) is 0.850. The molecule has 1 aliphatic heterocycles. The molecular formula is C14H17N3O. The first-order valence-corrected chi connectivity index (χ1v) is 6.27. The highest BCUT2D eigenvalue weighted by Gasteiger charge is 2.30. The van der Waals surface area contributed by atoms with Gasteiger partial charge in [0.25, 0.3) is 0 Å². The summed E-state index contributed by atoms with van der Waals surface area (Å²) in [7, 11) is 0. The van der Waals surface area contributed by atoms with Crippen molar-refractivity contribution in [2.24, 2.45) is 0 Å². The molecule has 0 spiro atoms. The van der Waals surface area contributed by atoms with Gasteiger partial charge < -0.3 is 10.4 Å². The Morgan fingerprint density at radius 3 is 2.78 bits per heavy atom. The molecule has 1 aromatic carbocycles. The number of hydrogen-bond acceptors (Lipinski definition) is 3. The minimum absolute atomic E-state index is 0.576. The summed E-state index contributed by atoms with van der Waals surface area (Å²) in [5.74, 6) is 0. The highest BCUT2D eigenvalue weighted by Crippen LogP contribution is 2.21. The minimum atomic E-state index is -0.576. The number of hydrogen-bond donors (Lipinski definition) is 2. The van der Waals surface area contributed by atoms with E-state index in [1.165, 1.54) is 0 Å². The van der Waals surface area contributed by atoms with E-state index >= 15 is 0 Å². The molecule has 1 atom stereocenters. The Bertz CT molecular complexity index is 498. The van der Waals surface area contributed by atoms with Crippen molar-refractivity contribution >= 4 is 0 Å². The Hall–Kier alpha value is -1.65. The summed E-state index contributed by atoms with van der Waals surface area (Å²) in [5, 5.41) is 17.7. The molecule has 1 fully saturated rings. The van der Waals surface area contributed by atoms with E-state index in [0.29, 0.717) is 13.0 Å². The van der Waals surface area contributed by atoms with Crippen LogP contribution in [0.25, 0.3) is 5.69 Å². The molecule has 94 valence electrons. The summed E-state index contributed by atoms with van der Waals surface area (Å²) >= 11 is 0. The Labute approximate surface area is 106 Å². The summed E-state index contributed by atoms with van der Waals surface area (Å²) in [6.45, 7) is 1.59. The Morgan fingerprint density at radius 2 is 2.17 bits per heavy atom. The van der Waals surface area contributed by atoms with Gasteiger partial charge in [0.05, 0.1) is 11.3 Å². The monoisotopic (exact) mass is 243 g/mol. The van der Waals surface area contributed by atoms with Gasteiger partial charge in [-0.05, 0) is 36.7 Å². The molecule has 2 aromatic rings. The highest BCUT2D eigenvalue weighted by molar-refractivity contribution is 5.34. The van der Waals surface area contributed by atoms with Crippen LogP contribution in [-0.2, 0) is 6.42 Å². The Kier molecular flexibility index (Phi) is 2.89. The van der Waals surface area contributed by atoms with Crippen molar-refractivity contribution in [2.45, 2.75) is 18.4 Å². The lowest BCUT2D eigenvalue weighted by Crippen LogP contribution is -2.33. The molecule has 0 radical (unpaired) electrons. The van der Waals surface area contributed by atoms with E-state index in [0.717, 1.165) is 24.2 Å². The maximum absolute atomic E-state index is 10.3. The standard InChI is InChI=1S/C14H17N3O/c18-14(6-8-15-11-14)10-12-2-4-13(5-3-12)17-9-1-7-16-17/h1-5,7,9,15,18H,6,8,10-11H2. The van der Waals surface area contributed by atoms with Crippen LogP contribution in [0.1, 0.15) is 12.0 Å². The maximum Gasteiger partial charge on any atom is 0.0823 e. The van der Waals surface area contributed by atoms with Crippen LogP contribution in [0.2, 0.25) is 0 Å². The van der Waals surface area contributed by atoms with Crippen molar-refractivity contribution in [3.8, 4) is 5.69 Å². The smallest absolute Gasteiger partial charge is 0.0823 e. The lowest BCUT2D eigenvalue weighted by atomic mass is 9.94. The second kappa shape index (κ2) is 4.55. The number of nitrogens with zero attached hydrogens (tertiary/aromatic N) is 2. The van der Waals surface area contributed by atoms with Crippen LogP contribution >= 0.6 is 0 Å². The Balaban J connectivity index is 1.75. The van der Waals surface area contributed by atoms with E-state index in [1.807, 2.05) is 29.1 Å². The maximum atomic E-state index is 10.3. The van der Waals surface area contributed by atoms with Gasteiger partial charge in [-0.15, -0.1) is 0 Å². The Morgan fingerprint density at radius 1 is 1.33 bits per heavy atom. The molecule has 0 bridgehead atoms. The van der Waals surface area contributed by atoms with Crippen LogP contribution in [0, 0.1) is 0 Å². The zero-order chi connectivity index (χ0) is 12.4. The van der Waals surface area contributed by atoms with Crippen LogP contribution in [-0.4, -0.2) is 33.6 Å². The molecular weight excluding hydrogens is 226 g/mol. The van der Waals surface area contributed by atoms with Gasteiger partial charge in [0.2, 0.25) is 0 Å². The minimum Gasteiger partial charge on any atom is -0.388 e. The molecule has 0 saturated carbocycles. The third-order valence-corrected chi connectivity index (χ3v) is 3.46. The molecule has 4 nitrogen and oxygen atoms in total. The summed E-state index contributed by atoms with van der Waals surface area (Å²) in [6.07, 6.45) is 5.22. The van der Waals surface area contributed by atoms with Gasteiger partial charge in [-0.2, -0.15) is 5.10 Å². The number of β-amino-alcohol motifs (C(OH)–C–C–N with tert-alkyl or cyclic N) is 1. The number of aromatic nitrogens is 2. The highest BCUT2D eigenvalue weighted by atomic mass is 16.3. The van der Waals surface area contributed by atoms with Gasteiger partial charge in [0, 0.05) is 25.4 Å². The molecule has 1 saturated heterocycles. The lowest BCUT2D eigenvalue weighted by Gasteiger charge is -2.21. The second-order valence-corrected chi connectivity index (χ2v) is 4.94. The summed E-state index contributed by atoms with van der Waals surface area (Å²) in [5.41, 5.74) is 1.63. The predicted octanol–water partition coefficient (Wildman–Crippen LogP) is 1.14. The van der Waals surface area contributed by atoms with Crippen molar-refractivity contribution in [3.05, 3.63) is 48.3 Å². The average Bonchev–Trinajstić information content (AvgIpc) is 3.02. The van der Waals surface area contributed by atoms with Crippen molar-refractivity contribution in [3.63, 3.8) is 0 Å². The van der Waals surface area contributed by atoms with Crippen molar-refractivity contribution in [1.29, 1.82) is 0 Å². The third kappa shape index (κ3) is 2.30. The van der Waals surface area contributed by atoms with E-state index in [1.54, 1.807) is 6.20 Å².